The van der Waals surface area contributed by atoms with E-state index in [4.69, 9.17) is 9.47 Å². The fourth-order valence-electron chi connectivity index (χ4n) is 2.08. The Morgan fingerprint density at radius 3 is 2.14 bits per heavy atom. The lowest BCUT2D eigenvalue weighted by Gasteiger charge is -2.12. The summed E-state index contributed by atoms with van der Waals surface area (Å²) in [7, 11) is 6.29. The van der Waals surface area contributed by atoms with E-state index in [1.807, 2.05) is 0 Å². The average molecular weight is 382 g/mol. The Morgan fingerprint density at radius 2 is 1.46 bits per heavy atom. The van der Waals surface area contributed by atoms with E-state index in [0.29, 0.717) is 11.3 Å². The second-order valence-electron chi connectivity index (χ2n) is 6.29. The van der Waals surface area contributed by atoms with E-state index in [-0.39, 0.29) is 17.1 Å². The summed E-state index contributed by atoms with van der Waals surface area (Å²) in [4.78, 5) is 38.6. The van der Waals surface area contributed by atoms with Gasteiger partial charge in [0.15, 0.2) is 5.78 Å². The number of carbonyl (C=O) groups is 3. The molecule has 0 atom stereocenters. The van der Waals surface area contributed by atoms with Gasteiger partial charge in [0.1, 0.15) is 11.5 Å². The van der Waals surface area contributed by atoms with Crippen molar-refractivity contribution in [3.8, 4) is 11.5 Å². The van der Waals surface area contributed by atoms with Crippen LogP contribution in [0.5, 0.6) is 11.5 Å². The Kier molecular flexibility index (Phi) is 6.92. The first kappa shape index (κ1) is 20.7. The predicted octanol–water partition coefficient (Wildman–Crippen LogP) is 3.70. The van der Waals surface area contributed by atoms with Gasteiger partial charge in [-0.15, -0.1) is 0 Å². The summed E-state index contributed by atoms with van der Waals surface area (Å²) in [5.74, 6) is 0.232. The lowest BCUT2D eigenvalue weighted by molar-refractivity contribution is 0.104. The Balaban J connectivity index is 2.16. The number of carbonyl (C=O) groups excluding carboxylic acids is 3. The molecule has 7 heteroatoms. The van der Waals surface area contributed by atoms with Crippen molar-refractivity contribution in [1.29, 1.82) is 0 Å². The average Bonchev–Trinajstić information content (AvgIpc) is 2.66. The van der Waals surface area contributed by atoms with Gasteiger partial charge < -0.3 is 19.3 Å². The Morgan fingerprint density at radius 1 is 0.821 bits per heavy atom. The van der Waals surface area contributed by atoms with E-state index in [1.54, 1.807) is 82.8 Å². The minimum Gasteiger partial charge on any atom is -0.410 e. The SMILES string of the molecule is CN(C)C(=O)Oc1cccc(/C=C/C(=O)c2ccccc2OC(=O)N(C)C)c1. The summed E-state index contributed by atoms with van der Waals surface area (Å²) in [5, 5.41) is 0. The first-order valence-electron chi connectivity index (χ1n) is 8.47. The number of ether oxygens (including phenoxy) is 2. The summed E-state index contributed by atoms with van der Waals surface area (Å²) in [5.41, 5.74) is 0.948. The van der Waals surface area contributed by atoms with E-state index in [2.05, 4.69) is 0 Å². The molecule has 0 aliphatic rings. The lowest BCUT2D eigenvalue weighted by Crippen LogP contribution is -2.25. The molecular weight excluding hydrogens is 360 g/mol. The number of para-hydroxylation sites is 1. The van der Waals surface area contributed by atoms with E-state index >= 15 is 0 Å². The fourth-order valence-corrected chi connectivity index (χ4v) is 2.08. The van der Waals surface area contributed by atoms with Gasteiger partial charge in [-0.1, -0.05) is 30.3 Å². The molecule has 0 heterocycles. The van der Waals surface area contributed by atoms with Crippen LogP contribution in [-0.2, 0) is 0 Å². The second kappa shape index (κ2) is 9.36. The van der Waals surface area contributed by atoms with Crippen molar-refractivity contribution in [3.63, 3.8) is 0 Å². The van der Waals surface area contributed by atoms with E-state index in [1.165, 1.54) is 15.9 Å². The van der Waals surface area contributed by atoms with Gasteiger partial charge in [0.05, 0.1) is 5.56 Å². The van der Waals surface area contributed by atoms with Crippen molar-refractivity contribution in [2.45, 2.75) is 0 Å². The number of rotatable bonds is 5. The number of benzene rings is 2. The van der Waals surface area contributed by atoms with Gasteiger partial charge >= 0.3 is 12.2 Å². The maximum absolute atomic E-state index is 12.6. The van der Waals surface area contributed by atoms with Gasteiger partial charge in [-0.2, -0.15) is 0 Å². The van der Waals surface area contributed by atoms with Crippen molar-refractivity contribution in [2.75, 3.05) is 28.2 Å². The van der Waals surface area contributed by atoms with Gasteiger partial charge in [0.25, 0.3) is 0 Å². The normalized spacial score (nSPS) is 10.4. The zero-order chi connectivity index (χ0) is 20.7. The van der Waals surface area contributed by atoms with Gasteiger partial charge in [0.2, 0.25) is 0 Å². The van der Waals surface area contributed by atoms with Crippen LogP contribution in [0.2, 0.25) is 0 Å². The summed E-state index contributed by atoms with van der Waals surface area (Å²) in [6, 6.07) is 13.3. The first-order valence-corrected chi connectivity index (χ1v) is 8.47. The lowest BCUT2D eigenvalue weighted by atomic mass is 10.1. The molecule has 0 unspecified atom stereocenters. The van der Waals surface area contributed by atoms with Crippen molar-refractivity contribution >= 4 is 24.0 Å². The smallest absolute Gasteiger partial charge is 0.410 e. The topological polar surface area (TPSA) is 76.1 Å². The number of allylic oxidation sites excluding steroid dienone is 1. The molecule has 0 saturated heterocycles. The molecule has 2 aromatic carbocycles. The van der Waals surface area contributed by atoms with Crippen molar-refractivity contribution < 1.29 is 23.9 Å². The second-order valence-corrected chi connectivity index (χ2v) is 6.29. The van der Waals surface area contributed by atoms with E-state index in [9.17, 15) is 14.4 Å². The van der Waals surface area contributed by atoms with Crippen molar-refractivity contribution in [3.05, 3.63) is 65.7 Å². The van der Waals surface area contributed by atoms with Gasteiger partial charge in [-0.3, -0.25) is 4.79 Å². The van der Waals surface area contributed by atoms with E-state index in [0.717, 1.165) is 0 Å². The molecule has 0 N–H and O–H groups in total. The molecule has 0 spiro atoms. The van der Waals surface area contributed by atoms with Crippen LogP contribution in [0.1, 0.15) is 15.9 Å². The molecule has 2 aromatic rings. The highest BCUT2D eigenvalue weighted by atomic mass is 16.6. The van der Waals surface area contributed by atoms with Crippen LogP contribution in [0.4, 0.5) is 9.59 Å². The van der Waals surface area contributed by atoms with Crippen LogP contribution in [0.15, 0.2) is 54.6 Å². The molecule has 28 heavy (non-hydrogen) atoms. The largest absolute Gasteiger partial charge is 0.414 e. The van der Waals surface area contributed by atoms with Crippen molar-refractivity contribution in [2.24, 2.45) is 0 Å². The number of ketones is 1. The molecule has 7 nitrogen and oxygen atoms in total. The Hall–Kier alpha value is -3.61. The highest BCUT2D eigenvalue weighted by molar-refractivity contribution is 6.09. The van der Waals surface area contributed by atoms with E-state index < -0.39 is 12.2 Å². The predicted molar refractivity (Wildman–Crippen MR) is 106 cm³/mol. The zero-order valence-corrected chi connectivity index (χ0v) is 16.2. The van der Waals surface area contributed by atoms with Crippen LogP contribution in [0.25, 0.3) is 6.08 Å². The quantitative estimate of drug-likeness (QED) is 0.582. The number of hydrogen-bond donors (Lipinski definition) is 0. The summed E-state index contributed by atoms with van der Waals surface area (Å²) in [6.45, 7) is 0. The van der Waals surface area contributed by atoms with Gasteiger partial charge in [-0.25, -0.2) is 9.59 Å². The molecule has 0 saturated carbocycles. The monoisotopic (exact) mass is 382 g/mol. The maximum Gasteiger partial charge on any atom is 0.414 e. The molecule has 0 radical (unpaired) electrons. The number of hydrogen-bond acceptors (Lipinski definition) is 5. The highest BCUT2D eigenvalue weighted by Crippen LogP contribution is 2.21. The molecule has 0 aliphatic carbocycles. The Labute approximate surface area is 163 Å². The molecule has 2 rings (SSSR count). The highest BCUT2D eigenvalue weighted by Gasteiger charge is 2.14. The molecule has 0 fully saturated rings. The summed E-state index contributed by atoms with van der Waals surface area (Å²) in [6.07, 6.45) is 1.91. The minimum atomic E-state index is -0.570. The van der Waals surface area contributed by atoms with Crippen LogP contribution in [-0.4, -0.2) is 56.0 Å². The summed E-state index contributed by atoms with van der Waals surface area (Å²) < 4.78 is 10.4. The van der Waals surface area contributed by atoms with Crippen LogP contribution in [0, 0.1) is 0 Å². The fraction of sp³-hybridized carbons (Fsp3) is 0.190. The van der Waals surface area contributed by atoms with Crippen molar-refractivity contribution in [1.82, 2.24) is 9.80 Å². The standard InChI is InChI=1S/C21H22N2O5/c1-22(2)20(25)27-16-9-7-8-15(14-16)12-13-18(24)17-10-5-6-11-19(17)28-21(26)23(3)4/h5-14H,1-4H3/b13-12+. The third kappa shape index (κ3) is 5.70. The Bertz CT molecular complexity index is 903. The molecule has 2 amide bonds. The summed E-state index contributed by atoms with van der Waals surface area (Å²) >= 11 is 0. The third-order valence-corrected chi connectivity index (χ3v) is 3.57. The third-order valence-electron chi connectivity index (χ3n) is 3.57. The molecule has 146 valence electrons. The molecule has 0 aromatic heterocycles. The minimum absolute atomic E-state index is 0.185. The first-order chi connectivity index (χ1) is 13.3. The van der Waals surface area contributed by atoms with Crippen LogP contribution in [0.3, 0.4) is 0 Å². The zero-order valence-electron chi connectivity index (χ0n) is 16.2. The van der Waals surface area contributed by atoms with Gasteiger partial charge in [-0.05, 0) is 35.9 Å². The molecular formula is C21H22N2O5. The number of amides is 2. The molecule has 0 bridgehead atoms. The maximum atomic E-state index is 12.6. The number of nitrogens with zero attached hydrogens (tertiary/aromatic N) is 2. The molecule has 0 aliphatic heterocycles. The van der Waals surface area contributed by atoms with Crippen LogP contribution < -0.4 is 9.47 Å². The van der Waals surface area contributed by atoms with Crippen LogP contribution >= 0.6 is 0 Å². The van der Waals surface area contributed by atoms with Gasteiger partial charge in [0, 0.05) is 28.2 Å².